The van der Waals surface area contributed by atoms with Crippen LogP contribution in [-0.2, 0) is 47.9 Å². The van der Waals surface area contributed by atoms with Gasteiger partial charge in [0.05, 0.1) is 21.0 Å². The van der Waals surface area contributed by atoms with Crippen LogP contribution in [0.4, 0.5) is 33.6 Å². The molecule has 0 saturated carbocycles. The molecule has 11 nitrogen and oxygen atoms in total. The van der Waals surface area contributed by atoms with Gasteiger partial charge in [0.25, 0.3) is 0 Å². The standard InChI is InChI=1S/C18H24FN3O3S.C16H14F4N2O3S/c1-17(2,3)14-11-15(22(6)21-14)20-16(23)18(4,5)26(24,25)13-9-7-8-12(19)10-13;1-15(2,26(24,25)12-5-3-4-11(17)8-12)14(23)22-13-7-6-10(9-21-13)16(18,19)20/h7-11H,1-6H3,(H,20,23);3-9H,1-2H3,(H,21,22,23). The Kier molecular flexibility index (Phi) is 11.8. The molecule has 4 rings (SSSR count). The summed E-state index contributed by atoms with van der Waals surface area (Å²) in [5.74, 6) is -3.05. The number of hydrogen-bond acceptors (Lipinski definition) is 8. The smallest absolute Gasteiger partial charge is 0.310 e. The van der Waals surface area contributed by atoms with Gasteiger partial charge in [0.2, 0.25) is 11.8 Å². The number of alkyl halides is 3. The molecule has 4 aromatic rings. The zero-order valence-electron chi connectivity index (χ0n) is 29.4. The highest BCUT2D eigenvalue weighted by Crippen LogP contribution is 2.31. The zero-order chi connectivity index (χ0) is 39.7. The van der Waals surface area contributed by atoms with Gasteiger partial charge in [-0.15, -0.1) is 0 Å². The molecule has 52 heavy (non-hydrogen) atoms. The molecular weight excluding hydrogens is 734 g/mol. The van der Waals surface area contributed by atoms with Crippen LogP contribution in [-0.4, -0.2) is 52.9 Å². The van der Waals surface area contributed by atoms with Crippen molar-refractivity contribution in [3.05, 3.63) is 95.8 Å². The number of halogens is 5. The Morgan fingerprint density at radius 1 is 0.692 bits per heavy atom. The van der Waals surface area contributed by atoms with E-state index in [4.69, 9.17) is 0 Å². The summed E-state index contributed by atoms with van der Waals surface area (Å²) in [6.45, 7) is 10.8. The summed E-state index contributed by atoms with van der Waals surface area (Å²) in [7, 11) is -6.70. The van der Waals surface area contributed by atoms with E-state index in [-0.39, 0.29) is 16.1 Å². The SMILES string of the molecule is CC(C)(C(=O)Nc1ccc(C(F)(F)F)cn1)S(=O)(=O)c1cccc(F)c1.Cn1nc(C(C)(C)C)cc1NC(=O)C(C)(C)S(=O)(=O)c1cccc(F)c1. The molecular formula is C34H38F5N5O6S2. The van der Waals surface area contributed by atoms with Gasteiger partial charge in [0.1, 0.15) is 32.8 Å². The fraction of sp³-hybridized carbons (Fsp3) is 0.353. The molecule has 0 saturated heterocycles. The highest BCUT2D eigenvalue weighted by molar-refractivity contribution is 7.94. The van der Waals surface area contributed by atoms with Crippen LogP contribution in [0.2, 0.25) is 0 Å². The number of rotatable bonds is 8. The first-order valence-electron chi connectivity index (χ1n) is 15.3. The second-order valence-corrected chi connectivity index (χ2v) is 18.6. The van der Waals surface area contributed by atoms with Gasteiger partial charge in [-0.05, 0) is 76.2 Å². The number of hydrogen-bond donors (Lipinski definition) is 2. The number of aryl methyl sites for hydroxylation is 1. The van der Waals surface area contributed by atoms with E-state index in [0.717, 1.165) is 55.9 Å². The van der Waals surface area contributed by atoms with E-state index < -0.39 is 69.3 Å². The molecule has 0 fully saturated rings. The van der Waals surface area contributed by atoms with Gasteiger partial charge in [0.15, 0.2) is 19.7 Å². The molecule has 0 aliphatic rings. The molecule has 0 aliphatic carbocycles. The predicted molar refractivity (Wildman–Crippen MR) is 184 cm³/mol. The number of benzene rings is 2. The van der Waals surface area contributed by atoms with E-state index in [1.165, 1.54) is 36.7 Å². The normalized spacial score (nSPS) is 12.8. The summed E-state index contributed by atoms with van der Waals surface area (Å²) in [5.41, 5.74) is -0.465. The summed E-state index contributed by atoms with van der Waals surface area (Å²) < 4.78 is 113. The van der Waals surface area contributed by atoms with Gasteiger partial charge in [-0.2, -0.15) is 18.3 Å². The van der Waals surface area contributed by atoms with Crippen molar-refractivity contribution in [2.75, 3.05) is 10.6 Å². The molecule has 2 amide bonds. The number of sulfone groups is 2. The summed E-state index contributed by atoms with van der Waals surface area (Å²) in [6, 6.07) is 12.1. The lowest BCUT2D eigenvalue weighted by Gasteiger charge is -2.23. The number of carbonyl (C=O) groups excluding carboxylic acids is 2. The Balaban J connectivity index is 0.000000280. The summed E-state index contributed by atoms with van der Waals surface area (Å²) in [5, 5.41) is 9.13. The van der Waals surface area contributed by atoms with Gasteiger partial charge in [-0.1, -0.05) is 32.9 Å². The van der Waals surface area contributed by atoms with E-state index in [1.807, 2.05) is 20.8 Å². The van der Waals surface area contributed by atoms with E-state index >= 15 is 0 Å². The first-order chi connectivity index (χ1) is 23.6. The molecule has 0 radical (unpaired) electrons. The number of carbonyl (C=O) groups is 2. The fourth-order valence-corrected chi connectivity index (χ4v) is 7.04. The first kappa shape index (κ1) is 41.7. The van der Waals surface area contributed by atoms with E-state index in [2.05, 4.69) is 20.7 Å². The Morgan fingerprint density at radius 3 is 1.52 bits per heavy atom. The number of nitrogens with one attached hydrogen (secondary N) is 2. The summed E-state index contributed by atoms with van der Waals surface area (Å²) in [4.78, 5) is 27.9. The Bertz CT molecular complexity index is 2180. The van der Waals surface area contributed by atoms with Crippen LogP contribution in [0.25, 0.3) is 0 Å². The maximum atomic E-state index is 13.4. The maximum Gasteiger partial charge on any atom is 0.417 e. The van der Waals surface area contributed by atoms with Gasteiger partial charge in [-0.25, -0.2) is 30.6 Å². The van der Waals surface area contributed by atoms with Crippen LogP contribution in [0, 0.1) is 11.6 Å². The maximum absolute atomic E-state index is 13.4. The monoisotopic (exact) mass is 771 g/mol. The molecule has 0 aliphatic heterocycles. The van der Waals surface area contributed by atoms with Gasteiger partial charge >= 0.3 is 6.18 Å². The second kappa shape index (κ2) is 14.7. The number of amides is 2. The summed E-state index contributed by atoms with van der Waals surface area (Å²) in [6.07, 6.45) is -4.07. The van der Waals surface area contributed by atoms with E-state index in [0.29, 0.717) is 18.1 Å². The van der Waals surface area contributed by atoms with Crippen LogP contribution >= 0.6 is 0 Å². The highest BCUT2D eigenvalue weighted by atomic mass is 32.2. The van der Waals surface area contributed by atoms with Crippen LogP contribution in [0.5, 0.6) is 0 Å². The van der Waals surface area contributed by atoms with E-state index in [9.17, 15) is 48.4 Å². The number of aromatic nitrogens is 3. The van der Waals surface area contributed by atoms with Crippen molar-refractivity contribution in [2.45, 2.75) is 79.3 Å². The minimum absolute atomic E-state index is 0.218. The average Bonchev–Trinajstić information content (AvgIpc) is 3.41. The average molecular weight is 772 g/mol. The third kappa shape index (κ3) is 9.01. The minimum atomic E-state index is -4.59. The molecule has 0 bridgehead atoms. The quantitative estimate of drug-likeness (QED) is 0.193. The lowest BCUT2D eigenvalue weighted by Crippen LogP contribution is -2.44. The third-order valence-electron chi connectivity index (χ3n) is 7.87. The summed E-state index contributed by atoms with van der Waals surface area (Å²) >= 11 is 0. The van der Waals surface area contributed by atoms with Crippen molar-refractivity contribution in [3.8, 4) is 0 Å². The molecule has 2 N–H and O–H groups in total. The third-order valence-corrected chi connectivity index (χ3v) is 12.7. The van der Waals surface area contributed by atoms with Gasteiger partial charge < -0.3 is 10.6 Å². The van der Waals surface area contributed by atoms with Crippen LogP contribution in [0.1, 0.15) is 59.7 Å². The molecule has 2 aromatic carbocycles. The first-order valence-corrected chi connectivity index (χ1v) is 18.3. The Hall–Kier alpha value is -4.71. The Morgan fingerprint density at radius 2 is 1.15 bits per heavy atom. The number of anilines is 2. The van der Waals surface area contributed by atoms with Crippen LogP contribution < -0.4 is 10.6 Å². The van der Waals surface area contributed by atoms with Gasteiger partial charge in [-0.3, -0.25) is 14.3 Å². The highest BCUT2D eigenvalue weighted by Gasteiger charge is 2.44. The minimum Gasteiger partial charge on any atom is -0.310 e. The molecule has 2 heterocycles. The van der Waals surface area contributed by atoms with Crippen LogP contribution in [0.3, 0.4) is 0 Å². The second-order valence-electron chi connectivity index (χ2n) is 13.6. The molecule has 0 spiro atoms. The van der Waals surface area contributed by atoms with Crippen molar-refractivity contribution in [1.82, 2.24) is 14.8 Å². The van der Waals surface area contributed by atoms with E-state index in [1.54, 1.807) is 13.1 Å². The lowest BCUT2D eigenvalue weighted by molar-refractivity contribution is -0.137. The van der Waals surface area contributed by atoms with Gasteiger partial charge in [0, 0.05) is 24.7 Å². The van der Waals surface area contributed by atoms with Crippen LogP contribution in [0.15, 0.2) is 82.7 Å². The topological polar surface area (TPSA) is 157 Å². The largest absolute Gasteiger partial charge is 0.417 e. The van der Waals surface area contributed by atoms with Crippen molar-refractivity contribution < 1.29 is 48.4 Å². The van der Waals surface area contributed by atoms with Crippen molar-refractivity contribution in [1.29, 1.82) is 0 Å². The number of nitrogens with zero attached hydrogens (tertiary/aromatic N) is 3. The van der Waals surface area contributed by atoms with Crippen molar-refractivity contribution >= 4 is 43.1 Å². The predicted octanol–water partition coefficient (Wildman–Crippen LogP) is 6.48. The van der Waals surface area contributed by atoms with Crippen molar-refractivity contribution in [3.63, 3.8) is 0 Å². The molecule has 0 atom stereocenters. The molecule has 0 unspecified atom stereocenters. The Labute approximate surface area is 298 Å². The fourth-order valence-electron chi connectivity index (χ4n) is 4.22. The molecule has 18 heteroatoms. The molecule has 282 valence electrons. The lowest BCUT2D eigenvalue weighted by atomic mass is 9.92. The van der Waals surface area contributed by atoms with Crippen molar-refractivity contribution in [2.24, 2.45) is 7.05 Å². The molecule has 2 aromatic heterocycles. The number of pyridine rings is 1. The zero-order valence-corrected chi connectivity index (χ0v) is 31.1.